The van der Waals surface area contributed by atoms with E-state index in [1.807, 2.05) is 12.1 Å². The number of esters is 1. The van der Waals surface area contributed by atoms with Gasteiger partial charge < -0.3 is 4.74 Å². The van der Waals surface area contributed by atoms with Gasteiger partial charge in [0.25, 0.3) is 0 Å². The summed E-state index contributed by atoms with van der Waals surface area (Å²) in [5.41, 5.74) is 0.0329. The molecule has 6 heteroatoms. The lowest BCUT2D eigenvalue weighted by Gasteiger charge is -2.09. The van der Waals surface area contributed by atoms with Crippen LogP contribution < -0.4 is 0 Å². The van der Waals surface area contributed by atoms with Crippen LogP contribution in [0.15, 0.2) is 36.4 Å². The van der Waals surface area contributed by atoms with Crippen LogP contribution in [0, 0.1) is 0 Å². The number of carbonyl (C=O) groups excluding carboxylic acids is 1. The maximum atomic E-state index is 12.5. The van der Waals surface area contributed by atoms with Crippen molar-refractivity contribution >= 4 is 17.3 Å². The van der Waals surface area contributed by atoms with Crippen molar-refractivity contribution in [3.63, 3.8) is 0 Å². The lowest BCUT2D eigenvalue weighted by Crippen LogP contribution is -2.03. The van der Waals surface area contributed by atoms with Gasteiger partial charge in [0.05, 0.1) is 5.56 Å². The van der Waals surface area contributed by atoms with Crippen molar-refractivity contribution in [2.24, 2.45) is 0 Å². The fourth-order valence-electron chi connectivity index (χ4n) is 1.86. The van der Waals surface area contributed by atoms with Gasteiger partial charge in [0.1, 0.15) is 6.10 Å². The third-order valence-corrected chi connectivity index (χ3v) is 4.16. The Balaban J connectivity index is 2.20. The lowest BCUT2D eigenvalue weighted by atomic mass is 10.1. The molecule has 21 heavy (non-hydrogen) atoms. The first-order chi connectivity index (χ1) is 9.77. The maximum Gasteiger partial charge on any atom is 0.416 e. The Hall–Kier alpha value is -1.82. The zero-order chi connectivity index (χ0) is 15.6. The van der Waals surface area contributed by atoms with Gasteiger partial charge in [-0.1, -0.05) is 12.1 Å². The fourth-order valence-corrected chi connectivity index (χ4v) is 2.85. The molecule has 0 amide bonds. The zero-order valence-corrected chi connectivity index (χ0v) is 12.2. The molecule has 2 rings (SSSR count). The molecule has 0 bridgehead atoms. The van der Waals surface area contributed by atoms with Crippen LogP contribution in [0.4, 0.5) is 13.2 Å². The number of carbonyl (C=O) groups is 1. The molecule has 1 unspecified atom stereocenters. The molecule has 1 aromatic heterocycles. The predicted octanol–water partition coefficient (Wildman–Crippen LogP) is 5.06. The van der Waals surface area contributed by atoms with Crippen molar-refractivity contribution in [3.05, 3.63) is 46.8 Å². The molecule has 0 aliphatic rings. The van der Waals surface area contributed by atoms with Crippen molar-refractivity contribution in [2.45, 2.75) is 26.1 Å². The van der Waals surface area contributed by atoms with Gasteiger partial charge in [-0.2, -0.15) is 13.2 Å². The van der Waals surface area contributed by atoms with E-state index in [1.165, 1.54) is 30.4 Å². The van der Waals surface area contributed by atoms with E-state index in [1.54, 1.807) is 6.92 Å². The molecule has 1 heterocycles. The van der Waals surface area contributed by atoms with E-state index in [2.05, 4.69) is 0 Å². The third kappa shape index (κ3) is 3.85. The second kappa shape index (κ2) is 5.89. The number of halogens is 3. The Bertz CT molecular complexity index is 629. The minimum Gasteiger partial charge on any atom is -0.457 e. The highest BCUT2D eigenvalue weighted by atomic mass is 32.1. The Kier molecular flexibility index (Phi) is 4.37. The van der Waals surface area contributed by atoms with Crippen LogP contribution in [0.25, 0.3) is 10.4 Å². The van der Waals surface area contributed by atoms with Gasteiger partial charge in [-0.3, -0.25) is 4.79 Å². The van der Waals surface area contributed by atoms with E-state index in [9.17, 15) is 18.0 Å². The van der Waals surface area contributed by atoms with Crippen molar-refractivity contribution in [1.29, 1.82) is 0 Å². The lowest BCUT2D eigenvalue weighted by molar-refractivity contribution is -0.145. The van der Waals surface area contributed by atoms with E-state index < -0.39 is 11.7 Å². The number of rotatable bonds is 3. The van der Waals surface area contributed by atoms with Crippen LogP contribution in [0.3, 0.4) is 0 Å². The fraction of sp³-hybridized carbons (Fsp3) is 0.267. The average molecular weight is 314 g/mol. The molecule has 0 aliphatic carbocycles. The normalized spacial score (nSPS) is 13.0. The van der Waals surface area contributed by atoms with E-state index in [-0.39, 0.29) is 12.1 Å². The van der Waals surface area contributed by atoms with Crippen LogP contribution in [0.2, 0.25) is 0 Å². The van der Waals surface area contributed by atoms with Crippen LogP contribution in [0.1, 0.15) is 30.4 Å². The van der Waals surface area contributed by atoms with Gasteiger partial charge in [-0.25, -0.2) is 0 Å². The van der Waals surface area contributed by atoms with E-state index in [4.69, 9.17) is 4.74 Å². The van der Waals surface area contributed by atoms with Crippen molar-refractivity contribution < 1.29 is 22.7 Å². The highest BCUT2D eigenvalue weighted by Crippen LogP contribution is 2.35. The molecule has 0 radical (unpaired) electrons. The highest BCUT2D eigenvalue weighted by molar-refractivity contribution is 7.15. The summed E-state index contributed by atoms with van der Waals surface area (Å²) >= 11 is 1.39. The van der Waals surface area contributed by atoms with Crippen molar-refractivity contribution in [2.75, 3.05) is 0 Å². The second-order valence-corrected chi connectivity index (χ2v) is 5.64. The summed E-state index contributed by atoms with van der Waals surface area (Å²) in [6.45, 7) is 3.09. The van der Waals surface area contributed by atoms with Crippen LogP contribution >= 0.6 is 11.3 Å². The van der Waals surface area contributed by atoms with Crippen LogP contribution in [-0.2, 0) is 15.7 Å². The number of hydrogen-bond acceptors (Lipinski definition) is 3. The van der Waals surface area contributed by atoms with Crippen LogP contribution in [0.5, 0.6) is 0 Å². The number of thiophene rings is 1. The third-order valence-electron chi connectivity index (χ3n) is 2.87. The van der Waals surface area contributed by atoms with Gasteiger partial charge in [0.15, 0.2) is 0 Å². The minimum absolute atomic E-state index is 0.365. The molecule has 0 N–H and O–H groups in total. The number of ether oxygens (including phenoxy) is 1. The van der Waals surface area contributed by atoms with E-state index in [0.29, 0.717) is 5.56 Å². The van der Waals surface area contributed by atoms with Crippen LogP contribution in [-0.4, -0.2) is 5.97 Å². The van der Waals surface area contributed by atoms with Gasteiger partial charge in [0, 0.05) is 16.7 Å². The van der Waals surface area contributed by atoms with Gasteiger partial charge >= 0.3 is 12.1 Å². The summed E-state index contributed by atoms with van der Waals surface area (Å²) in [6, 6.07) is 8.62. The molecular formula is C15H13F3O2S. The average Bonchev–Trinajstić information content (AvgIpc) is 2.86. The van der Waals surface area contributed by atoms with Crippen molar-refractivity contribution in [3.8, 4) is 10.4 Å². The largest absolute Gasteiger partial charge is 0.457 e. The molecule has 0 saturated carbocycles. The molecule has 2 aromatic rings. The summed E-state index contributed by atoms with van der Waals surface area (Å²) in [4.78, 5) is 12.6. The monoisotopic (exact) mass is 314 g/mol. The van der Waals surface area contributed by atoms with Gasteiger partial charge in [0.2, 0.25) is 0 Å². The quantitative estimate of drug-likeness (QED) is 0.740. The number of alkyl halides is 3. The summed E-state index contributed by atoms with van der Waals surface area (Å²) in [5, 5.41) is 0. The first-order valence-electron chi connectivity index (χ1n) is 6.22. The van der Waals surface area contributed by atoms with Gasteiger partial charge in [-0.05, 0) is 36.8 Å². The molecule has 0 saturated heterocycles. The summed E-state index contributed by atoms with van der Waals surface area (Å²) in [6.07, 6.45) is -4.70. The predicted molar refractivity (Wildman–Crippen MR) is 74.9 cm³/mol. The Morgan fingerprint density at radius 2 is 1.76 bits per heavy atom. The molecule has 0 aliphatic heterocycles. The Morgan fingerprint density at radius 1 is 1.14 bits per heavy atom. The maximum absolute atomic E-state index is 12.5. The first-order valence-corrected chi connectivity index (χ1v) is 7.03. The topological polar surface area (TPSA) is 26.3 Å². The number of hydrogen-bond donors (Lipinski definition) is 0. The Morgan fingerprint density at radius 3 is 2.29 bits per heavy atom. The molecule has 2 nitrogen and oxygen atoms in total. The minimum atomic E-state index is -4.33. The molecule has 1 atom stereocenters. The van der Waals surface area contributed by atoms with Gasteiger partial charge in [-0.15, -0.1) is 11.3 Å². The summed E-state index contributed by atoms with van der Waals surface area (Å²) in [7, 11) is 0. The standard InChI is InChI=1S/C15H13F3O2S/c1-9(20-10(2)19)13-7-8-14(21-13)11-3-5-12(6-4-11)15(16,17)18/h3-9H,1-2H3. The number of benzene rings is 1. The van der Waals surface area contributed by atoms with E-state index in [0.717, 1.165) is 21.9 Å². The smallest absolute Gasteiger partial charge is 0.416 e. The van der Waals surface area contributed by atoms with E-state index >= 15 is 0 Å². The molecule has 0 fully saturated rings. The summed E-state index contributed by atoms with van der Waals surface area (Å²) in [5.74, 6) is -0.369. The zero-order valence-electron chi connectivity index (χ0n) is 11.4. The summed E-state index contributed by atoms with van der Waals surface area (Å²) < 4.78 is 42.6. The second-order valence-electron chi connectivity index (χ2n) is 4.53. The highest BCUT2D eigenvalue weighted by Gasteiger charge is 2.30. The SMILES string of the molecule is CC(=O)OC(C)c1ccc(-c2ccc(C(F)(F)F)cc2)s1. The molecule has 0 spiro atoms. The first kappa shape index (κ1) is 15.6. The molecular weight excluding hydrogens is 301 g/mol. The Labute approximate surface area is 124 Å². The van der Waals surface area contributed by atoms with Crippen molar-refractivity contribution in [1.82, 2.24) is 0 Å². The molecule has 1 aromatic carbocycles. The molecule has 112 valence electrons.